The lowest BCUT2D eigenvalue weighted by atomic mass is 10.0. The van der Waals surface area contributed by atoms with E-state index in [1.807, 2.05) is 53.4 Å². The Bertz CT molecular complexity index is 1050. The van der Waals surface area contributed by atoms with Crippen LogP contribution in [-0.2, 0) is 6.42 Å². The number of aryl methyl sites for hydroxylation is 1. The van der Waals surface area contributed by atoms with Crippen molar-refractivity contribution in [1.29, 1.82) is 0 Å². The molecule has 3 heterocycles. The van der Waals surface area contributed by atoms with Crippen LogP contribution in [-0.4, -0.2) is 30.6 Å². The molecule has 29 heavy (non-hydrogen) atoms. The molecule has 0 spiro atoms. The summed E-state index contributed by atoms with van der Waals surface area (Å²) in [5.41, 5.74) is 3.65. The summed E-state index contributed by atoms with van der Waals surface area (Å²) >= 11 is 0. The first-order chi connectivity index (χ1) is 14.3. The predicted molar refractivity (Wildman–Crippen MR) is 111 cm³/mol. The summed E-state index contributed by atoms with van der Waals surface area (Å²) in [5, 5.41) is 3.24. The molecule has 3 aromatic rings. The Morgan fingerprint density at radius 3 is 2.72 bits per heavy atom. The number of rotatable bonds is 3. The second kappa shape index (κ2) is 7.47. The lowest BCUT2D eigenvalue weighted by Crippen LogP contribution is -2.35. The van der Waals surface area contributed by atoms with E-state index in [2.05, 4.69) is 16.4 Å². The zero-order valence-electron chi connectivity index (χ0n) is 15.9. The third-order valence-electron chi connectivity index (χ3n) is 5.18. The van der Waals surface area contributed by atoms with E-state index in [9.17, 15) is 4.79 Å². The Hall–Kier alpha value is -3.54. The highest BCUT2D eigenvalue weighted by Crippen LogP contribution is 2.33. The van der Waals surface area contributed by atoms with Crippen LogP contribution in [0.5, 0.6) is 11.5 Å². The van der Waals surface area contributed by atoms with Crippen LogP contribution in [0.25, 0.3) is 0 Å². The van der Waals surface area contributed by atoms with E-state index < -0.39 is 0 Å². The van der Waals surface area contributed by atoms with Crippen LogP contribution >= 0.6 is 0 Å². The molecule has 0 atom stereocenters. The second-order valence-corrected chi connectivity index (χ2v) is 7.10. The molecule has 1 N–H and O–H groups in total. The summed E-state index contributed by atoms with van der Waals surface area (Å²) in [6.07, 6.45) is 3.61. The standard InChI is InChI=1S/C23H21N3O3/c27-23(26-11-3-5-16-4-1-2-6-19(16)26)17-7-10-22(24-15-17)25-18-8-9-20-21(14-18)29-13-12-28-20/h1-2,4,6-10,14-15H,3,5,11-13H2,(H,24,25). The molecule has 0 fully saturated rings. The van der Waals surface area contributed by atoms with Crippen molar-refractivity contribution in [3.8, 4) is 11.5 Å². The molecule has 0 aliphatic carbocycles. The van der Waals surface area contributed by atoms with Gasteiger partial charge in [-0.2, -0.15) is 0 Å². The van der Waals surface area contributed by atoms with Crippen LogP contribution < -0.4 is 19.7 Å². The first-order valence-corrected chi connectivity index (χ1v) is 9.80. The molecule has 2 aromatic carbocycles. The summed E-state index contributed by atoms with van der Waals surface area (Å²) in [6.45, 7) is 1.84. The summed E-state index contributed by atoms with van der Waals surface area (Å²) in [5.74, 6) is 2.11. The number of hydrogen-bond donors (Lipinski definition) is 1. The topological polar surface area (TPSA) is 63.7 Å². The predicted octanol–water partition coefficient (Wildman–Crippen LogP) is 4.19. The van der Waals surface area contributed by atoms with Gasteiger partial charge in [-0.05, 0) is 48.7 Å². The van der Waals surface area contributed by atoms with Crippen molar-refractivity contribution in [3.05, 3.63) is 71.9 Å². The van der Waals surface area contributed by atoms with Gasteiger partial charge < -0.3 is 19.7 Å². The van der Waals surface area contributed by atoms with Gasteiger partial charge in [0.05, 0.1) is 5.56 Å². The van der Waals surface area contributed by atoms with E-state index in [4.69, 9.17) is 9.47 Å². The highest BCUT2D eigenvalue weighted by Gasteiger charge is 2.23. The average Bonchev–Trinajstić information content (AvgIpc) is 2.79. The van der Waals surface area contributed by atoms with E-state index in [1.165, 1.54) is 5.56 Å². The summed E-state index contributed by atoms with van der Waals surface area (Å²) in [7, 11) is 0. The number of hydrogen-bond acceptors (Lipinski definition) is 5. The molecule has 2 aliphatic heterocycles. The van der Waals surface area contributed by atoms with Crippen molar-refractivity contribution in [3.63, 3.8) is 0 Å². The Morgan fingerprint density at radius 1 is 1.00 bits per heavy atom. The molecular weight excluding hydrogens is 366 g/mol. The normalized spacial score (nSPS) is 14.8. The third-order valence-corrected chi connectivity index (χ3v) is 5.18. The van der Waals surface area contributed by atoms with Gasteiger partial charge in [-0.3, -0.25) is 4.79 Å². The fraction of sp³-hybridized carbons (Fsp3) is 0.217. The summed E-state index contributed by atoms with van der Waals surface area (Å²) in [6, 6.07) is 17.4. The molecule has 0 bridgehead atoms. The van der Waals surface area contributed by atoms with Gasteiger partial charge in [0.2, 0.25) is 0 Å². The Kier molecular flexibility index (Phi) is 4.52. The van der Waals surface area contributed by atoms with Crippen molar-refractivity contribution in [2.45, 2.75) is 12.8 Å². The number of aromatic nitrogens is 1. The number of fused-ring (bicyclic) bond motifs is 2. The zero-order valence-corrected chi connectivity index (χ0v) is 15.9. The zero-order chi connectivity index (χ0) is 19.6. The van der Waals surface area contributed by atoms with E-state index in [1.54, 1.807) is 6.20 Å². The van der Waals surface area contributed by atoms with E-state index in [-0.39, 0.29) is 5.91 Å². The largest absolute Gasteiger partial charge is 0.486 e. The minimum Gasteiger partial charge on any atom is -0.486 e. The lowest BCUT2D eigenvalue weighted by Gasteiger charge is -2.29. The van der Waals surface area contributed by atoms with Crippen molar-refractivity contribution < 1.29 is 14.3 Å². The number of para-hydroxylation sites is 1. The number of nitrogens with one attached hydrogen (secondary N) is 1. The van der Waals surface area contributed by atoms with Crippen LogP contribution in [0.15, 0.2) is 60.8 Å². The van der Waals surface area contributed by atoms with Crippen LogP contribution in [0.1, 0.15) is 22.3 Å². The minimum atomic E-state index is -0.0180. The highest BCUT2D eigenvalue weighted by molar-refractivity contribution is 6.06. The fourth-order valence-electron chi connectivity index (χ4n) is 3.76. The van der Waals surface area contributed by atoms with E-state index in [0.29, 0.717) is 24.6 Å². The summed E-state index contributed by atoms with van der Waals surface area (Å²) in [4.78, 5) is 19.3. The molecule has 0 unspecified atom stereocenters. The minimum absolute atomic E-state index is 0.0180. The van der Waals surface area contributed by atoms with E-state index in [0.717, 1.165) is 42.3 Å². The first-order valence-electron chi connectivity index (χ1n) is 9.80. The number of amides is 1. The lowest BCUT2D eigenvalue weighted by molar-refractivity contribution is 0.0985. The van der Waals surface area contributed by atoms with Crippen LogP contribution in [0, 0.1) is 0 Å². The van der Waals surface area contributed by atoms with Gasteiger partial charge in [0.1, 0.15) is 19.0 Å². The molecule has 6 heteroatoms. The summed E-state index contributed by atoms with van der Waals surface area (Å²) < 4.78 is 11.2. The Labute approximate surface area is 169 Å². The number of nitrogens with zero attached hydrogens (tertiary/aromatic N) is 2. The maximum Gasteiger partial charge on any atom is 0.259 e. The monoisotopic (exact) mass is 387 g/mol. The van der Waals surface area contributed by atoms with Gasteiger partial charge in [0, 0.05) is 30.2 Å². The second-order valence-electron chi connectivity index (χ2n) is 7.10. The van der Waals surface area contributed by atoms with E-state index >= 15 is 0 Å². The van der Waals surface area contributed by atoms with Crippen molar-refractivity contribution in [2.24, 2.45) is 0 Å². The molecule has 1 amide bonds. The fourth-order valence-corrected chi connectivity index (χ4v) is 3.76. The number of carbonyl (C=O) groups is 1. The number of pyridine rings is 1. The molecule has 0 saturated carbocycles. The molecule has 5 rings (SSSR count). The SMILES string of the molecule is O=C(c1ccc(Nc2ccc3c(c2)OCCO3)nc1)N1CCCc2ccccc21. The Balaban J connectivity index is 1.32. The molecular formula is C23H21N3O3. The van der Waals surface area contributed by atoms with Crippen molar-refractivity contribution in [2.75, 3.05) is 30.0 Å². The van der Waals surface area contributed by atoms with Gasteiger partial charge in [0.25, 0.3) is 5.91 Å². The van der Waals surface area contributed by atoms with Crippen molar-refractivity contribution >= 4 is 23.1 Å². The maximum absolute atomic E-state index is 13.0. The molecule has 0 radical (unpaired) electrons. The van der Waals surface area contributed by atoms with Crippen molar-refractivity contribution in [1.82, 2.24) is 4.98 Å². The smallest absolute Gasteiger partial charge is 0.259 e. The van der Waals surface area contributed by atoms with Gasteiger partial charge in [-0.15, -0.1) is 0 Å². The molecule has 6 nitrogen and oxygen atoms in total. The van der Waals surface area contributed by atoms with Crippen LogP contribution in [0.4, 0.5) is 17.2 Å². The quantitative estimate of drug-likeness (QED) is 0.730. The maximum atomic E-state index is 13.0. The van der Waals surface area contributed by atoms with Crippen LogP contribution in [0.2, 0.25) is 0 Å². The number of carbonyl (C=O) groups excluding carboxylic acids is 1. The van der Waals surface area contributed by atoms with Gasteiger partial charge >= 0.3 is 0 Å². The van der Waals surface area contributed by atoms with Gasteiger partial charge in [-0.1, -0.05) is 18.2 Å². The molecule has 0 saturated heterocycles. The third kappa shape index (κ3) is 3.49. The molecule has 146 valence electrons. The van der Waals surface area contributed by atoms with Gasteiger partial charge in [-0.25, -0.2) is 4.98 Å². The molecule has 2 aliphatic rings. The number of ether oxygens (including phenoxy) is 2. The first kappa shape index (κ1) is 17.6. The van der Waals surface area contributed by atoms with Gasteiger partial charge in [0.15, 0.2) is 11.5 Å². The number of anilines is 3. The molecule has 1 aromatic heterocycles. The highest BCUT2D eigenvalue weighted by atomic mass is 16.6. The number of benzene rings is 2. The van der Waals surface area contributed by atoms with Crippen LogP contribution in [0.3, 0.4) is 0 Å². The average molecular weight is 387 g/mol. The Morgan fingerprint density at radius 2 is 1.86 bits per heavy atom.